The molecule has 0 atom stereocenters. The third-order valence-corrected chi connectivity index (χ3v) is 4.71. The Kier molecular flexibility index (Phi) is 9.21. The van der Waals surface area contributed by atoms with E-state index < -0.39 is 0 Å². The van der Waals surface area contributed by atoms with E-state index in [1.54, 1.807) is 0 Å². The van der Waals surface area contributed by atoms with Gasteiger partial charge in [0.15, 0.2) is 0 Å². The fraction of sp³-hybridized carbons (Fsp3) is 0.250. The van der Waals surface area contributed by atoms with Crippen molar-refractivity contribution in [1.29, 1.82) is 0 Å². The predicted molar refractivity (Wildman–Crippen MR) is 112 cm³/mol. The van der Waals surface area contributed by atoms with E-state index in [2.05, 4.69) is 19.3 Å². The lowest BCUT2D eigenvalue weighted by Gasteiger charge is -2.06. The molecule has 0 aromatic heterocycles. The van der Waals surface area contributed by atoms with Gasteiger partial charge in [-0.25, -0.2) is 4.89 Å². The molecule has 0 radical (unpaired) electrons. The summed E-state index contributed by atoms with van der Waals surface area (Å²) in [4.78, 5) is 16.4. The maximum atomic E-state index is 12.0. The lowest BCUT2D eigenvalue weighted by molar-refractivity contribution is -0.159. The van der Waals surface area contributed by atoms with Crippen LogP contribution in [0.25, 0.3) is 6.08 Å². The maximum Gasteiger partial charge on any atom is 0.220 e. The number of amides is 1. The number of nitrogens with one attached hydrogen (secondary N) is 2. The first-order chi connectivity index (χ1) is 13.1. The summed E-state index contributed by atoms with van der Waals surface area (Å²) < 4.78 is 7.64. The van der Waals surface area contributed by atoms with E-state index in [-0.39, 0.29) is 5.91 Å². The van der Waals surface area contributed by atoms with Crippen molar-refractivity contribution in [2.24, 2.45) is 0 Å². The van der Waals surface area contributed by atoms with Gasteiger partial charge in [0, 0.05) is 23.7 Å². The van der Waals surface area contributed by atoms with E-state index >= 15 is 0 Å². The quantitative estimate of drug-likeness (QED) is 0.192. The Morgan fingerprint density at radius 1 is 1.22 bits per heavy atom. The van der Waals surface area contributed by atoms with E-state index in [0.717, 1.165) is 39.6 Å². The summed E-state index contributed by atoms with van der Waals surface area (Å²) in [7, 11) is 1.44. The van der Waals surface area contributed by atoms with Gasteiger partial charge < -0.3 is 10.0 Å². The normalized spacial score (nSPS) is 10.9. The molecule has 0 aliphatic carbocycles. The number of carbonyl (C=O) groups excluding carboxylic acids is 1. The molecule has 2 rings (SSSR count). The molecule has 0 aliphatic rings. The second-order valence-corrected chi connectivity index (χ2v) is 6.75. The van der Waals surface area contributed by atoms with Crippen LogP contribution in [0.5, 0.6) is 0 Å². The summed E-state index contributed by atoms with van der Waals surface area (Å²) in [6, 6.07) is 13.7. The molecule has 1 amide bonds. The smallest absolute Gasteiger partial charge is 0.220 e. The Hall–Kier alpha value is -1.99. The number of carbonyl (C=O) groups is 1. The van der Waals surface area contributed by atoms with Gasteiger partial charge in [-0.2, -0.15) is 0 Å². The third-order valence-electron chi connectivity index (χ3n) is 3.78. The Morgan fingerprint density at radius 2 is 2.00 bits per heavy atom. The summed E-state index contributed by atoms with van der Waals surface area (Å²) in [5, 5.41) is 3.63. The lowest BCUT2D eigenvalue weighted by atomic mass is 10.1. The Labute approximate surface area is 169 Å². The van der Waals surface area contributed by atoms with Crippen LogP contribution in [-0.4, -0.2) is 19.6 Å². The van der Waals surface area contributed by atoms with Crippen molar-refractivity contribution < 1.29 is 14.0 Å². The number of hydrogen-bond donors (Lipinski definition) is 2. The highest BCUT2D eigenvalue weighted by Crippen LogP contribution is 2.17. The largest absolute Gasteiger partial charge is 0.353 e. The molecule has 144 valence electrons. The zero-order valence-electron chi connectivity index (χ0n) is 15.3. The number of aryl methyl sites for hydroxylation is 2. The molecule has 0 bridgehead atoms. The zero-order valence-corrected chi connectivity index (χ0v) is 16.9. The van der Waals surface area contributed by atoms with Gasteiger partial charge in [-0.1, -0.05) is 48.0 Å². The van der Waals surface area contributed by atoms with Gasteiger partial charge in [-0.05, 0) is 48.2 Å². The number of halogens is 1. The second-order valence-electron chi connectivity index (χ2n) is 5.83. The van der Waals surface area contributed by atoms with Crippen LogP contribution in [0, 0.1) is 6.92 Å². The monoisotopic (exact) mass is 406 g/mol. The topological polar surface area (TPSA) is 59.6 Å². The fourth-order valence-electron chi connectivity index (χ4n) is 2.27. The minimum Gasteiger partial charge on any atom is -0.353 e. The maximum absolute atomic E-state index is 12.0. The Balaban J connectivity index is 1.68. The molecular formula is C20H23ClN2O3S. The van der Waals surface area contributed by atoms with Crippen molar-refractivity contribution in [2.45, 2.75) is 19.8 Å². The molecular weight excluding hydrogens is 384 g/mol. The van der Waals surface area contributed by atoms with E-state index in [1.807, 2.05) is 61.5 Å². The summed E-state index contributed by atoms with van der Waals surface area (Å²) >= 11 is 7.09. The molecule has 5 nitrogen and oxygen atoms in total. The van der Waals surface area contributed by atoms with Crippen molar-refractivity contribution in [1.82, 2.24) is 5.32 Å². The highest BCUT2D eigenvalue weighted by atomic mass is 35.5. The number of hydrogen-bond acceptors (Lipinski definition) is 5. The van der Waals surface area contributed by atoms with Gasteiger partial charge in [0.2, 0.25) is 5.91 Å². The van der Waals surface area contributed by atoms with Gasteiger partial charge in [-0.15, -0.1) is 4.33 Å². The minimum atomic E-state index is 0.0211. The highest BCUT2D eigenvalue weighted by Gasteiger charge is 2.02. The van der Waals surface area contributed by atoms with Gasteiger partial charge in [0.25, 0.3) is 0 Å². The van der Waals surface area contributed by atoms with Crippen LogP contribution < -0.4 is 10.0 Å². The summed E-state index contributed by atoms with van der Waals surface area (Å²) in [6.45, 7) is 2.46. The van der Waals surface area contributed by atoms with Crippen LogP contribution in [0.2, 0.25) is 5.02 Å². The van der Waals surface area contributed by atoms with Gasteiger partial charge in [0.1, 0.15) is 12.2 Å². The van der Waals surface area contributed by atoms with Gasteiger partial charge >= 0.3 is 0 Å². The zero-order chi connectivity index (χ0) is 19.5. The van der Waals surface area contributed by atoms with E-state index in [9.17, 15) is 4.79 Å². The molecule has 0 saturated carbocycles. The standard InChI is InChI=1S/C20H23ClN2O3S/c1-15-5-6-17(14-19(15)21)4-3-13-22-20(24)12-9-16-7-10-18(11-8-16)23-27-26-25-2/h3-8,10-11,14,23H,9,12-13H2,1-2H3,(H,22,24)/b4-3+. The molecule has 0 fully saturated rings. The van der Waals surface area contributed by atoms with E-state index in [1.165, 1.54) is 7.11 Å². The first-order valence-electron chi connectivity index (χ1n) is 8.49. The summed E-state index contributed by atoms with van der Waals surface area (Å²) in [6.07, 6.45) is 4.99. The summed E-state index contributed by atoms with van der Waals surface area (Å²) in [5.41, 5.74) is 4.06. The molecule has 2 aromatic carbocycles. The van der Waals surface area contributed by atoms with Crippen molar-refractivity contribution >= 4 is 41.5 Å². The number of benzene rings is 2. The predicted octanol–water partition coefficient (Wildman–Crippen LogP) is 4.96. The molecule has 0 spiro atoms. The van der Waals surface area contributed by atoms with Gasteiger partial charge in [-0.3, -0.25) is 4.79 Å². The first-order valence-corrected chi connectivity index (χ1v) is 9.61. The van der Waals surface area contributed by atoms with Gasteiger partial charge in [0.05, 0.1) is 7.11 Å². The number of anilines is 1. The van der Waals surface area contributed by atoms with Crippen LogP contribution in [0.4, 0.5) is 5.69 Å². The van der Waals surface area contributed by atoms with Crippen LogP contribution in [-0.2, 0) is 20.4 Å². The minimum absolute atomic E-state index is 0.0211. The number of rotatable bonds is 10. The molecule has 0 unspecified atom stereocenters. The lowest BCUT2D eigenvalue weighted by Crippen LogP contribution is -2.23. The molecule has 7 heteroatoms. The van der Waals surface area contributed by atoms with Crippen LogP contribution >= 0.6 is 23.8 Å². The Morgan fingerprint density at radius 3 is 2.70 bits per heavy atom. The van der Waals surface area contributed by atoms with Crippen LogP contribution in [0.3, 0.4) is 0 Å². The second kappa shape index (κ2) is 11.7. The summed E-state index contributed by atoms with van der Waals surface area (Å²) in [5.74, 6) is 0.0211. The Bertz CT molecular complexity index is 766. The molecule has 0 aliphatic heterocycles. The fourth-order valence-corrected chi connectivity index (χ4v) is 2.79. The van der Waals surface area contributed by atoms with Crippen LogP contribution in [0.15, 0.2) is 48.5 Å². The highest BCUT2D eigenvalue weighted by molar-refractivity contribution is 7.95. The first kappa shape index (κ1) is 21.3. The molecule has 0 heterocycles. The third kappa shape index (κ3) is 8.05. The molecule has 27 heavy (non-hydrogen) atoms. The van der Waals surface area contributed by atoms with E-state index in [0.29, 0.717) is 19.4 Å². The van der Waals surface area contributed by atoms with Crippen LogP contribution in [0.1, 0.15) is 23.1 Å². The van der Waals surface area contributed by atoms with Crippen molar-refractivity contribution in [3.05, 3.63) is 70.3 Å². The van der Waals surface area contributed by atoms with Crippen molar-refractivity contribution in [2.75, 3.05) is 18.4 Å². The average Bonchev–Trinajstić information content (AvgIpc) is 2.67. The molecule has 0 saturated heterocycles. The SMILES string of the molecule is COOSNc1ccc(CCC(=O)NC/C=C/c2ccc(C)c(Cl)c2)cc1. The molecule has 2 aromatic rings. The van der Waals surface area contributed by atoms with Crippen molar-refractivity contribution in [3.63, 3.8) is 0 Å². The van der Waals surface area contributed by atoms with Crippen molar-refractivity contribution in [3.8, 4) is 0 Å². The molecule has 2 N–H and O–H groups in total. The van der Waals surface area contributed by atoms with E-state index in [4.69, 9.17) is 11.6 Å². The average molecular weight is 407 g/mol.